The van der Waals surface area contributed by atoms with Gasteiger partial charge in [-0.15, -0.1) is 0 Å². The van der Waals surface area contributed by atoms with E-state index in [0.717, 1.165) is 17.3 Å². The molecule has 0 aliphatic carbocycles. The summed E-state index contributed by atoms with van der Waals surface area (Å²) in [5.41, 5.74) is 3.03. The Morgan fingerprint density at radius 3 is 2.61 bits per heavy atom. The van der Waals surface area contributed by atoms with Crippen LogP contribution in [0.15, 0.2) is 54.9 Å². The van der Waals surface area contributed by atoms with Crippen molar-refractivity contribution in [1.29, 1.82) is 0 Å². The minimum Gasteiger partial charge on any atom is -0.478 e. The predicted octanol–water partition coefficient (Wildman–Crippen LogP) is 3.61. The molecule has 0 saturated heterocycles. The average molecular weight is 310 g/mol. The molecule has 116 valence electrons. The van der Waals surface area contributed by atoms with Crippen LogP contribution >= 0.6 is 0 Å². The molecule has 4 nitrogen and oxygen atoms in total. The molecule has 0 radical (unpaired) electrons. The molecule has 1 aromatic heterocycles. The third kappa shape index (κ3) is 3.13. The van der Waals surface area contributed by atoms with Gasteiger partial charge in [-0.25, -0.2) is 13.9 Å². The lowest BCUT2D eigenvalue weighted by atomic mass is 9.97. The first-order valence-corrected chi connectivity index (χ1v) is 7.16. The number of hydrogen-bond acceptors (Lipinski definition) is 2. The zero-order chi connectivity index (χ0) is 16.4. The molecule has 0 spiro atoms. The van der Waals surface area contributed by atoms with E-state index < -0.39 is 11.8 Å². The number of benzene rings is 2. The number of carboxylic acids is 1. The fraction of sp³-hybridized carbons (Fsp3) is 0.111. The molecule has 0 bridgehead atoms. The van der Waals surface area contributed by atoms with Crippen molar-refractivity contribution in [3.05, 3.63) is 82.9 Å². The Morgan fingerprint density at radius 2 is 2.00 bits per heavy atom. The van der Waals surface area contributed by atoms with Crippen LogP contribution in [0.2, 0.25) is 0 Å². The summed E-state index contributed by atoms with van der Waals surface area (Å²) in [5.74, 6) is -1.62. The first kappa shape index (κ1) is 15.0. The topological polar surface area (TPSA) is 55.1 Å². The number of halogens is 1. The summed E-state index contributed by atoms with van der Waals surface area (Å²) in [5, 5.41) is 13.2. The van der Waals surface area contributed by atoms with Gasteiger partial charge in [0.2, 0.25) is 0 Å². The second-order valence-corrected chi connectivity index (χ2v) is 5.34. The molecule has 2 aromatic carbocycles. The lowest BCUT2D eigenvalue weighted by Crippen LogP contribution is -2.03. The number of rotatable bonds is 4. The zero-order valence-electron chi connectivity index (χ0n) is 12.5. The number of aromatic carboxylic acids is 1. The molecule has 0 unspecified atom stereocenters. The van der Waals surface area contributed by atoms with Crippen molar-refractivity contribution >= 4 is 5.97 Å². The molecule has 0 amide bonds. The fourth-order valence-corrected chi connectivity index (χ4v) is 2.45. The maximum absolute atomic E-state index is 13.9. The second-order valence-electron chi connectivity index (χ2n) is 5.34. The minimum atomic E-state index is -1.13. The Kier molecular flexibility index (Phi) is 3.93. The predicted molar refractivity (Wildman–Crippen MR) is 84.5 cm³/mol. The van der Waals surface area contributed by atoms with Crippen molar-refractivity contribution in [2.24, 2.45) is 0 Å². The van der Waals surface area contributed by atoms with Gasteiger partial charge in [-0.2, -0.15) is 5.10 Å². The highest BCUT2D eigenvalue weighted by Crippen LogP contribution is 2.20. The van der Waals surface area contributed by atoms with Crippen molar-refractivity contribution in [3.8, 4) is 5.69 Å². The largest absolute Gasteiger partial charge is 0.478 e. The van der Waals surface area contributed by atoms with Crippen molar-refractivity contribution in [1.82, 2.24) is 9.78 Å². The SMILES string of the molecule is Cc1c(F)cc(C(=O)O)cc1Cc1ccc(-n2cccn2)cc1. The van der Waals surface area contributed by atoms with Gasteiger partial charge >= 0.3 is 5.97 Å². The lowest BCUT2D eigenvalue weighted by molar-refractivity contribution is 0.0696. The molecular formula is C18H15FN2O2. The van der Waals surface area contributed by atoms with Crippen LogP contribution in [-0.4, -0.2) is 20.9 Å². The first-order valence-electron chi connectivity index (χ1n) is 7.16. The molecule has 0 aliphatic heterocycles. The number of carboxylic acid groups (broad SMARTS) is 1. The number of nitrogens with zero attached hydrogens (tertiary/aromatic N) is 2. The third-order valence-electron chi connectivity index (χ3n) is 3.80. The summed E-state index contributed by atoms with van der Waals surface area (Å²) < 4.78 is 15.6. The van der Waals surface area contributed by atoms with E-state index >= 15 is 0 Å². The van der Waals surface area contributed by atoms with E-state index in [2.05, 4.69) is 5.10 Å². The van der Waals surface area contributed by atoms with Gasteiger partial charge in [0.25, 0.3) is 0 Å². The van der Waals surface area contributed by atoms with Crippen LogP contribution < -0.4 is 0 Å². The highest BCUT2D eigenvalue weighted by Gasteiger charge is 2.12. The van der Waals surface area contributed by atoms with E-state index in [1.807, 2.05) is 36.5 Å². The Labute approximate surface area is 132 Å². The molecular weight excluding hydrogens is 295 g/mol. The Bertz CT molecular complexity index is 840. The van der Waals surface area contributed by atoms with Crippen LogP contribution in [0.1, 0.15) is 27.0 Å². The van der Waals surface area contributed by atoms with Gasteiger partial charge in [0.05, 0.1) is 11.3 Å². The molecule has 3 rings (SSSR count). The summed E-state index contributed by atoms with van der Waals surface area (Å²) in [6, 6.07) is 12.1. The van der Waals surface area contributed by atoms with Crippen molar-refractivity contribution in [2.75, 3.05) is 0 Å². The van der Waals surface area contributed by atoms with Crippen LogP contribution in [-0.2, 0) is 6.42 Å². The molecule has 0 fully saturated rings. The van der Waals surface area contributed by atoms with Crippen LogP contribution in [0.25, 0.3) is 5.69 Å². The first-order chi connectivity index (χ1) is 11.0. The summed E-state index contributed by atoms with van der Waals surface area (Å²) in [6.45, 7) is 1.66. The molecule has 3 aromatic rings. The Balaban J connectivity index is 1.88. The van der Waals surface area contributed by atoms with Gasteiger partial charge in [0.1, 0.15) is 5.82 Å². The van der Waals surface area contributed by atoms with Gasteiger partial charge in [0.15, 0.2) is 0 Å². The zero-order valence-corrected chi connectivity index (χ0v) is 12.5. The minimum absolute atomic E-state index is 0.0312. The maximum atomic E-state index is 13.9. The molecule has 0 atom stereocenters. The molecule has 1 heterocycles. The molecule has 5 heteroatoms. The van der Waals surface area contributed by atoms with Gasteiger partial charge in [-0.05, 0) is 60.4 Å². The summed E-state index contributed by atoms with van der Waals surface area (Å²) in [7, 11) is 0. The highest BCUT2D eigenvalue weighted by atomic mass is 19.1. The fourth-order valence-electron chi connectivity index (χ4n) is 2.45. The Hall–Kier alpha value is -2.95. The van der Waals surface area contributed by atoms with Gasteiger partial charge < -0.3 is 5.11 Å². The standard InChI is InChI=1S/C18H15FN2O2/c1-12-14(10-15(18(22)23)11-17(12)19)9-13-3-5-16(6-4-13)21-8-2-7-20-21/h2-8,10-11H,9H2,1H3,(H,22,23). The maximum Gasteiger partial charge on any atom is 0.335 e. The number of aromatic nitrogens is 2. The summed E-state index contributed by atoms with van der Waals surface area (Å²) >= 11 is 0. The van der Waals surface area contributed by atoms with Gasteiger partial charge in [-0.1, -0.05) is 12.1 Å². The van der Waals surface area contributed by atoms with Gasteiger partial charge in [0, 0.05) is 12.4 Å². The van der Waals surface area contributed by atoms with E-state index in [9.17, 15) is 9.18 Å². The number of carbonyl (C=O) groups is 1. The molecule has 0 aliphatic rings. The monoisotopic (exact) mass is 310 g/mol. The van der Waals surface area contributed by atoms with Crippen molar-refractivity contribution in [2.45, 2.75) is 13.3 Å². The molecule has 1 N–H and O–H groups in total. The smallest absolute Gasteiger partial charge is 0.335 e. The highest BCUT2D eigenvalue weighted by molar-refractivity contribution is 5.88. The second kappa shape index (κ2) is 6.04. The van der Waals surface area contributed by atoms with Crippen molar-refractivity contribution < 1.29 is 14.3 Å². The van der Waals surface area contributed by atoms with Crippen LogP contribution in [0.5, 0.6) is 0 Å². The third-order valence-corrected chi connectivity index (χ3v) is 3.80. The van der Waals surface area contributed by atoms with E-state index in [0.29, 0.717) is 17.5 Å². The summed E-state index contributed by atoms with van der Waals surface area (Å²) in [4.78, 5) is 11.1. The van der Waals surface area contributed by atoms with Crippen LogP contribution in [0, 0.1) is 12.7 Å². The lowest BCUT2D eigenvalue weighted by Gasteiger charge is -2.10. The van der Waals surface area contributed by atoms with Crippen LogP contribution in [0.3, 0.4) is 0 Å². The van der Waals surface area contributed by atoms with E-state index in [1.165, 1.54) is 6.07 Å². The van der Waals surface area contributed by atoms with E-state index in [1.54, 1.807) is 17.8 Å². The quantitative estimate of drug-likeness (QED) is 0.801. The number of hydrogen-bond donors (Lipinski definition) is 1. The normalized spacial score (nSPS) is 10.7. The van der Waals surface area contributed by atoms with Crippen molar-refractivity contribution in [3.63, 3.8) is 0 Å². The Morgan fingerprint density at radius 1 is 1.26 bits per heavy atom. The molecule has 23 heavy (non-hydrogen) atoms. The van der Waals surface area contributed by atoms with E-state index in [-0.39, 0.29) is 5.56 Å². The van der Waals surface area contributed by atoms with Gasteiger partial charge in [-0.3, -0.25) is 0 Å². The molecule has 0 saturated carbocycles. The van der Waals surface area contributed by atoms with Crippen LogP contribution in [0.4, 0.5) is 4.39 Å². The van der Waals surface area contributed by atoms with E-state index in [4.69, 9.17) is 5.11 Å². The summed E-state index contributed by atoms with van der Waals surface area (Å²) in [6.07, 6.45) is 4.03. The average Bonchev–Trinajstić information content (AvgIpc) is 3.06.